The summed E-state index contributed by atoms with van der Waals surface area (Å²) in [5, 5.41) is 0. The number of halogens is 1. The highest BCUT2D eigenvalue weighted by atomic mass is 79.9. The average Bonchev–Trinajstić information content (AvgIpc) is 2.46. The van der Waals surface area contributed by atoms with Crippen molar-refractivity contribution in [2.75, 3.05) is 0 Å². The molecule has 0 fully saturated rings. The third kappa shape index (κ3) is 1.67. The molecule has 1 aromatic carbocycles. The van der Waals surface area contributed by atoms with Gasteiger partial charge in [-0.05, 0) is 47.9 Å². The number of hydrogen-bond donors (Lipinski definition) is 0. The zero-order chi connectivity index (χ0) is 9.42. The molecule has 1 atom stereocenters. The van der Waals surface area contributed by atoms with Crippen molar-refractivity contribution in [3.63, 3.8) is 0 Å². The average molecular weight is 239 g/mol. The fourth-order valence-corrected chi connectivity index (χ4v) is 2.72. The molecule has 0 amide bonds. The van der Waals surface area contributed by atoms with Crippen LogP contribution in [0.5, 0.6) is 0 Å². The van der Waals surface area contributed by atoms with E-state index in [4.69, 9.17) is 0 Å². The van der Waals surface area contributed by atoms with E-state index in [1.54, 1.807) is 11.1 Å². The molecule has 0 heterocycles. The molecule has 0 saturated carbocycles. The van der Waals surface area contributed by atoms with Crippen LogP contribution in [0, 0.1) is 5.92 Å². The van der Waals surface area contributed by atoms with E-state index in [0.717, 1.165) is 11.8 Å². The lowest BCUT2D eigenvalue weighted by Crippen LogP contribution is -2.01. The van der Waals surface area contributed by atoms with Gasteiger partial charge in [-0.15, -0.1) is 0 Å². The number of fused-ring (bicyclic) bond motifs is 1. The maximum Gasteiger partial charge on any atom is 0.0178 e. The van der Waals surface area contributed by atoms with Gasteiger partial charge in [0.2, 0.25) is 0 Å². The zero-order valence-corrected chi connectivity index (χ0v) is 9.76. The number of benzene rings is 1. The van der Waals surface area contributed by atoms with Crippen LogP contribution < -0.4 is 0 Å². The normalized spacial score (nSPS) is 20.8. The van der Waals surface area contributed by atoms with Crippen molar-refractivity contribution in [3.8, 4) is 0 Å². The van der Waals surface area contributed by atoms with E-state index < -0.39 is 0 Å². The Kier molecular flexibility index (Phi) is 2.46. The third-order valence-electron chi connectivity index (χ3n) is 3.03. The summed E-state index contributed by atoms with van der Waals surface area (Å²) in [5.41, 5.74) is 3.13. The van der Waals surface area contributed by atoms with Crippen LogP contribution in [0.3, 0.4) is 0 Å². The van der Waals surface area contributed by atoms with Crippen LogP contribution in [0.15, 0.2) is 22.7 Å². The maximum atomic E-state index is 3.52. The highest BCUT2D eigenvalue weighted by Gasteiger charge is 2.24. The Morgan fingerprint density at radius 3 is 2.85 bits per heavy atom. The minimum absolute atomic E-state index is 0.780. The molecule has 0 aliphatic heterocycles. The smallest absolute Gasteiger partial charge is 0.0178 e. The van der Waals surface area contributed by atoms with Crippen molar-refractivity contribution in [1.82, 2.24) is 0 Å². The van der Waals surface area contributed by atoms with Gasteiger partial charge in [0.15, 0.2) is 0 Å². The first kappa shape index (κ1) is 9.26. The van der Waals surface area contributed by atoms with Gasteiger partial charge in [-0.2, -0.15) is 0 Å². The summed E-state index contributed by atoms with van der Waals surface area (Å²) in [6.45, 7) is 4.64. The van der Waals surface area contributed by atoms with Crippen LogP contribution in [0.1, 0.15) is 37.3 Å². The summed E-state index contributed by atoms with van der Waals surface area (Å²) in [6, 6.07) is 6.73. The Morgan fingerprint density at radius 2 is 2.15 bits per heavy atom. The monoisotopic (exact) mass is 238 g/mol. The predicted molar refractivity (Wildman–Crippen MR) is 60.0 cm³/mol. The van der Waals surface area contributed by atoms with E-state index in [2.05, 4.69) is 48.0 Å². The maximum absolute atomic E-state index is 3.52. The summed E-state index contributed by atoms with van der Waals surface area (Å²) in [7, 11) is 0. The lowest BCUT2D eigenvalue weighted by Gasteiger charge is -2.15. The lowest BCUT2D eigenvalue weighted by atomic mass is 9.90. The first-order valence-corrected chi connectivity index (χ1v) is 5.76. The second kappa shape index (κ2) is 3.45. The highest BCUT2D eigenvalue weighted by molar-refractivity contribution is 9.10. The molecule has 0 nitrogen and oxygen atoms in total. The summed E-state index contributed by atoms with van der Waals surface area (Å²) in [5.74, 6) is 1.57. The number of hydrogen-bond acceptors (Lipinski definition) is 0. The first-order chi connectivity index (χ1) is 6.18. The minimum Gasteiger partial charge on any atom is -0.0622 e. The molecule has 1 heteroatoms. The van der Waals surface area contributed by atoms with Crippen molar-refractivity contribution >= 4 is 15.9 Å². The minimum atomic E-state index is 0.780. The molecule has 0 bridgehead atoms. The van der Waals surface area contributed by atoms with Gasteiger partial charge in [-0.3, -0.25) is 0 Å². The number of rotatable bonds is 1. The zero-order valence-electron chi connectivity index (χ0n) is 8.18. The van der Waals surface area contributed by atoms with Gasteiger partial charge < -0.3 is 0 Å². The van der Waals surface area contributed by atoms with Crippen molar-refractivity contribution in [3.05, 3.63) is 33.8 Å². The van der Waals surface area contributed by atoms with Crippen LogP contribution in [-0.4, -0.2) is 0 Å². The first-order valence-electron chi connectivity index (χ1n) is 4.97. The molecular formula is C12H15Br. The Morgan fingerprint density at radius 1 is 1.38 bits per heavy atom. The molecule has 1 aliphatic carbocycles. The molecule has 13 heavy (non-hydrogen) atoms. The largest absolute Gasteiger partial charge is 0.0622 e. The van der Waals surface area contributed by atoms with Crippen LogP contribution in [0.4, 0.5) is 0 Å². The Labute approximate surface area is 88.5 Å². The number of aryl methyl sites for hydroxylation is 1. The summed E-state index contributed by atoms with van der Waals surface area (Å²) in [6.07, 6.45) is 2.60. The fourth-order valence-electron chi connectivity index (χ4n) is 2.31. The van der Waals surface area contributed by atoms with Gasteiger partial charge in [0.1, 0.15) is 0 Å². The van der Waals surface area contributed by atoms with Gasteiger partial charge in [0, 0.05) is 4.47 Å². The van der Waals surface area contributed by atoms with Crippen LogP contribution >= 0.6 is 15.9 Å². The van der Waals surface area contributed by atoms with Crippen LogP contribution in [0.25, 0.3) is 0 Å². The molecule has 0 N–H and O–H groups in total. The standard InChI is InChI=1S/C12H15Br/c1-8(2)11-5-3-9-7-10(13)4-6-12(9)11/h4,6-8,11H,3,5H2,1-2H3. The predicted octanol–water partition coefficient (Wildman–Crippen LogP) is 4.13. The summed E-state index contributed by atoms with van der Waals surface area (Å²) < 4.78 is 1.22. The van der Waals surface area contributed by atoms with E-state index in [1.807, 2.05) is 0 Å². The molecule has 70 valence electrons. The van der Waals surface area contributed by atoms with E-state index in [0.29, 0.717) is 0 Å². The molecule has 0 radical (unpaired) electrons. The highest BCUT2D eigenvalue weighted by Crippen LogP contribution is 2.38. The molecule has 1 aromatic rings. The lowest BCUT2D eigenvalue weighted by molar-refractivity contribution is 0.496. The molecule has 2 rings (SSSR count). The Hall–Kier alpha value is -0.300. The van der Waals surface area contributed by atoms with Gasteiger partial charge in [0.25, 0.3) is 0 Å². The SMILES string of the molecule is CC(C)C1CCc2cc(Br)ccc21. The van der Waals surface area contributed by atoms with E-state index in [9.17, 15) is 0 Å². The van der Waals surface area contributed by atoms with E-state index in [1.165, 1.54) is 17.3 Å². The Bertz CT molecular complexity index is 315. The molecule has 0 saturated heterocycles. The fraction of sp³-hybridized carbons (Fsp3) is 0.500. The van der Waals surface area contributed by atoms with Gasteiger partial charge in [0.05, 0.1) is 0 Å². The molecular weight excluding hydrogens is 224 g/mol. The second-order valence-electron chi connectivity index (χ2n) is 4.23. The van der Waals surface area contributed by atoms with Crippen molar-refractivity contribution in [2.45, 2.75) is 32.6 Å². The van der Waals surface area contributed by atoms with Gasteiger partial charge in [-0.25, -0.2) is 0 Å². The van der Waals surface area contributed by atoms with E-state index >= 15 is 0 Å². The topological polar surface area (TPSA) is 0 Å². The van der Waals surface area contributed by atoms with Crippen molar-refractivity contribution in [2.24, 2.45) is 5.92 Å². The van der Waals surface area contributed by atoms with Crippen LogP contribution in [0.2, 0.25) is 0 Å². The summed E-state index contributed by atoms with van der Waals surface area (Å²) >= 11 is 3.52. The summed E-state index contributed by atoms with van der Waals surface area (Å²) in [4.78, 5) is 0. The molecule has 1 unspecified atom stereocenters. The Balaban J connectivity index is 2.38. The quantitative estimate of drug-likeness (QED) is 0.691. The van der Waals surface area contributed by atoms with Gasteiger partial charge >= 0.3 is 0 Å². The van der Waals surface area contributed by atoms with Crippen molar-refractivity contribution in [1.29, 1.82) is 0 Å². The van der Waals surface area contributed by atoms with E-state index in [-0.39, 0.29) is 0 Å². The molecule has 1 aliphatic rings. The van der Waals surface area contributed by atoms with Crippen molar-refractivity contribution < 1.29 is 0 Å². The second-order valence-corrected chi connectivity index (χ2v) is 5.15. The third-order valence-corrected chi connectivity index (χ3v) is 3.53. The molecule has 0 aromatic heterocycles. The molecule has 0 spiro atoms. The van der Waals surface area contributed by atoms with Crippen LogP contribution in [-0.2, 0) is 6.42 Å². The van der Waals surface area contributed by atoms with Gasteiger partial charge in [-0.1, -0.05) is 35.8 Å².